The lowest BCUT2D eigenvalue weighted by Crippen LogP contribution is -2.41. The van der Waals surface area contributed by atoms with E-state index in [1.54, 1.807) is 0 Å². The molecule has 0 spiro atoms. The number of hydrogen-bond acceptors (Lipinski definition) is 3. The van der Waals surface area contributed by atoms with Crippen molar-refractivity contribution in [2.45, 2.75) is 25.7 Å². The van der Waals surface area contributed by atoms with E-state index >= 15 is 0 Å². The molecule has 0 aliphatic heterocycles. The SMILES string of the molecule is COc1cccc(F)c1C(=O)NCC1(C(=O)O)CCCC1. The van der Waals surface area contributed by atoms with E-state index in [2.05, 4.69) is 5.32 Å². The maximum atomic E-state index is 13.8. The first-order chi connectivity index (χ1) is 10.00. The Morgan fingerprint density at radius 2 is 2.05 bits per heavy atom. The third-order valence-corrected chi connectivity index (χ3v) is 4.02. The van der Waals surface area contributed by atoms with Gasteiger partial charge in [0.2, 0.25) is 0 Å². The van der Waals surface area contributed by atoms with Crippen LogP contribution in [-0.4, -0.2) is 30.6 Å². The van der Waals surface area contributed by atoms with Crippen molar-refractivity contribution in [3.8, 4) is 5.75 Å². The van der Waals surface area contributed by atoms with E-state index in [1.165, 1.54) is 25.3 Å². The molecule has 1 aromatic carbocycles. The minimum Gasteiger partial charge on any atom is -0.496 e. The van der Waals surface area contributed by atoms with Gasteiger partial charge in [0.1, 0.15) is 17.1 Å². The molecule has 0 unspecified atom stereocenters. The smallest absolute Gasteiger partial charge is 0.311 e. The fourth-order valence-electron chi connectivity index (χ4n) is 2.75. The van der Waals surface area contributed by atoms with Crippen molar-refractivity contribution in [3.05, 3.63) is 29.6 Å². The molecule has 1 aliphatic rings. The zero-order valence-corrected chi connectivity index (χ0v) is 11.8. The van der Waals surface area contributed by atoms with Gasteiger partial charge in [0.15, 0.2) is 0 Å². The standard InChI is InChI=1S/C15H18FNO4/c1-21-11-6-4-5-10(16)12(11)13(18)17-9-15(14(19)20)7-2-3-8-15/h4-6H,2-3,7-9H2,1H3,(H,17,18)(H,19,20). The number of aliphatic carboxylic acids is 1. The number of halogens is 1. The molecule has 1 aromatic rings. The van der Waals surface area contributed by atoms with Crippen LogP contribution in [0.2, 0.25) is 0 Å². The topological polar surface area (TPSA) is 75.6 Å². The lowest BCUT2D eigenvalue weighted by atomic mass is 9.86. The molecule has 114 valence electrons. The Kier molecular flexibility index (Phi) is 4.45. The van der Waals surface area contributed by atoms with Crippen LogP contribution in [0.25, 0.3) is 0 Å². The van der Waals surface area contributed by atoms with Crippen LogP contribution in [0.1, 0.15) is 36.0 Å². The summed E-state index contributed by atoms with van der Waals surface area (Å²) in [6.45, 7) is -0.00133. The van der Waals surface area contributed by atoms with E-state index in [4.69, 9.17) is 4.74 Å². The Morgan fingerprint density at radius 3 is 2.62 bits per heavy atom. The van der Waals surface area contributed by atoms with Crippen LogP contribution in [0, 0.1) is 11.2 Å². The molecule has 1 saturated carbocycles. The van der Waals surface area contributed by atoms with Gasteiger partial charge in [0.05, 0.1) is 12.5 Å². The minimum absolute atomic E-state index is 0.00133. The molecule has 0 radical (unpaired) electrons. The van der Waals surface area contributed by atoms with Crippen LogP contribution in [0.4, 0.5) is 4.39 Å². The van der Waals surface area contributed by atoms with Crippen molar-refractivity contribution >= 4 is 11.9 Å². The fourth-order valence-corrected chi connectivity index (χ4v) is 2.75. The summed E-state index contributed by atoms with van der Waals surface area (Å²) in [4.78, 5) is 23.6. The normalized spacial score (nSPS) is 16.5. The van der Waals surface area contributed by atoms with Crippen LogP contribution in [0.15, 0.2) is 18.2 Å². The molecule has 1 fully saturated rings. The molecule has 1 amide bonds. The van der Waals surface area contributed by atoms with Crippen molar-refractivity contribution in [3.63, 3.8) is 0 Å². The van der Waals surface area contributed by atoms with Crippen molar-refractivity contribution < 1.29 is 23.8 Å². The van der Waals surface area contributed by atoms with Gasteiger partial charge < -0.3 is 15.2 Å². The van der Waals surface area contributed by atoms with Gasteiger partial charge in [-0.05, 0) is 25.0 Å². The largest absolute Gasteiger partial charge is 0.496 e. The summed E-state index contributed by atoms with van der Waals surface area (Å²) in [5.41, 5.74) is -1.13. The molecule has 5 nitrogen and oxygen atoms in total. The summed E-state index contributed by atoms with van der Waals surface area (Å²) < 4.78 is 18.8. The molecule has 1 aliphatic carbocycles. The van der Waals surface area contributed by atoms with Crippen molar-refractivity contribution in [1.29, 1.82) is 0 Å². The highest BCUT2D eigenvalue weighted by Crippen LogP contribution is 2.37. The van der Waals surface area contributed by atoms with Crippen LogP contribution < -0.4 is 10.1 Å². The Bertz CT molecular complexity index is 553. The van der Waals surface area contributed by atoms with Crippen LogP contribution in [0.5, 0.6) is 5.75 Å². The van der Waals surface area contributed by atoms with E-state index < -0.39 is 23.1 Å². The van der Waals surface area contributed by atoms with E-state index in [1.807, 2.05) is 0 Å². The lowest BCUT2D eigenvalue weighted by Gasteiger charge is -2.24. The number of benzene rings is 1. The van der Waals surface area contributed by atoms with E-state index in [0.717, 1.165) is 12.8 Å². The number of nitrogens with one attached hydrogen (secondary N) is 1. The van der Waals surface area contributed by atoms with E-state index in [-0.39, 0.29) is 17.9 Å². The first kappa shape index (κ1) is 15.3. The fraction of sp³-hybridized carbons (Fsp3) is 0.467. The number of carboxylic acid groups (broad SMARTS) is 1. The summed E-state index contributed by atoms with van der Waals surface area (Å²) in [6.07, 6.45) is 2.70. The Morgan fingerprint density at radius 1 is 1.38 bits per heavy atom. The number of carbonyl (C=O) groups excluding carboxylic acids is 1. The highest BCUT2D eigenvalue weighted by Gasteiger charge is 2.41. The zero-order valence-electron chi connectivity index (χ0n) is 11.8. The van der Waals surface area contributed by atoms with E-state index in [9.17, 15) is 19.1 Å². The second-order valence-corrected chi connectivity index (χ2v) is 5.29. The number of hydrogen-bond donors (Lipinski definition) is 2. The quantitative estimate of drug-likeness (QED) is 0.873. The van der Waals surface area contributed by atoms with Gasteiger partial charge in [-0.3, -0.25) is 9.59 Å². The molecule has 0 atom stereocenters. The number of methoxy groups -OCH3 is 1. The van der Waals surface area contributed by atoms with Gasteiger partial charge in [0, 0.05) is 6.54 Å². The maximum Gasteiger partial charge on any atom is 0.311 e. The number of carbonyl (C=O) groups is 2. The second-order valence-electron chi connectivity index (χ2n) is 5.29. The van der Waals surface area contributed by atoms with Crippen molar-refractivity contribution in [2.75, 3.05) is 13.7 Å². The Labute approximate surface area is 122 Å². The highest BCUT2D eigenvalue weighted by molar-refractivity contribution is 5.97. The summed E-state index contributed by atoms with van der Waals surface area (Å²) in [7, 11) is 1.35. The lowest BCUT2D eigenvalue weighted by molar-refractivity contribution is -0.148. The molecular formula is C15H18FNO4. The molecule has 0 heterocycles. The minimum atomic E-state index is -0.936. The van der Waals surface area contributed by atoms with Crippen LogP contribution in [-0.2, 0) is 4.79 Å². The van der Waals surface area contributed by atoms with Crippen LogP contribution >= 0.6 is 0 Å². The number of amides is 1. The summed E-state index contributed by atoms with van der Waals surface area (Å²) >= 11 is 0. The van der Waals surface area contributed by atoms with Gasteiger partial charge in [-0.25, -0.2) is 4.39 Å². The third-order valence-electron chi connectivity index (χ3n) is 4.02. The predicted molar refractivity (Wildman–Crippen MR) is 73.8 cm³/mol. The van der Waals surface area contributed by atoms with Crippen LogP contribution in [0.3, 0.4) is 0 Å². The van der Waals surface area contributed by atoms with Gasteiger partial charge >= 0.3 is 5.97 Å². The molecule has 2 rings (SSSR count). The molecule has 21 heavy (non-hydrogen) atoms. The zero-order chi connectivity index (χ0) is 15.5. The molecule has 2 N–H and O–H groups in total. The number of rotatable bonds is 5. The third kappa shape index (κ3) is 2.99. The van der Waals surface area contributed by atoms with Gasteiger partial charge in [-0.15, -0.1) is 0 Å². The second kappa shape index (κ2) is 6.11. The van der Waals surface area contributed by atoms with Crippen molar-refractivity contribution in [2.24, 2.45) is 5.41 Å². The maximum absolute atomic E-state index is 13.8. The summed E-state index contributed by atoms with van der Waals surface area (Å²) in [5, 5.41) is 11.9. The van der Waals surface area contributed by atoms with E-state index in [0.29, 0.717) is 12.8 Å². The molecule has 0 aromatic heterocycles. The Hall–Kier alpha value is -2.11. The average molecular weight is 295 g/mol. The van der Waals surface area contributed by atoms with Crippen molar-refractivity contribution in [1.82, 2.24) is 5.32 Å². The molecule has 0 bridgehead atoms. The predicted octanol–water partition coefficient (Wildman–Crippen LogP) is 2.21. The van der Waals surface area contributed by atoms with Gasteiger partial charge in [-0.1, -0.05) is 18.9 Å². The monoisotopic (exact) mass is 295 g/mol. The number of ether oxygens (including phenoxy) is 1. The molecule has 6 heteroatoms. The molecule has 0 saturated heterocycles. The average Bonchev–Trinajstić information content (AvgIpc) is 2.94. The summed E-state index contributed by atoms with van der Waals surface area (Å²) in [5.74, 6) is -2.13. The highest BCUT2D eigenvalue weighted by atomic mass is 19.1. The molecular weight excluding hydrogens is 277 g/mol. The van der Waals surface area contributed by atoms with Gasteiger partial charge in [-0.2, -0.15) is 0 Å². The summed E-state index contributed by atoms with van der Waals surface area (Å²) in [6, 6.07) is 4.10. The Balaban J connectivity index is 2.14. The first-order valence-corrected chi connectivity index (χ1v) is 6.84. The number of carboxylic acids is 1. The first-order valence-electron chi connectivity index (χ1n) is 6.84. The van der Waals surface area contributed by atoms with Gasteiger partial charge in [0.25, 0.3) is 5.91 Å².